The van der Waals surface area contributed by atoms with E-state index in [1.807, 2.05) is 37.3 Å². The van der Waals surface area contributed by atoms with Gasteiger partial charge < -0.3 is 14.3 Å². The molecule has 23 heavy (non-hydrogen) atoms. The highest BCUT2D eigenvalue weighted by atomic mass is 28.4. The first-order valence-electron chi connectivity index (χ1n) is 8.24. The smallest absolute Gasteiger partial charge is 0.311 e. The van der Waals surface area contributed by atoms with Crippen molar-refractivity contribution in [2.24, 2.45) is 11.8 Å². The van der Waals surface area contributed by atoms with Crippen molar-refractivity contribution in [2.75, 3.05) is 6.61 Å². The number of esters is 1. The van der Waals surface area contributed by atoms with Gasteiger partial charge in [-0.25, -0.2) is 0 Å². The SMILES string of the molecule is CCOC(=O)[C@H](C)[C@H](O)[C@@H](C)[C@H](O[Si](C)(C)C)c1ccccc1. The zero-order valence-electron chi connectivity index (χ0n) is 15.1. The normalized spacial score (nSPS) is 17.2. The number of carbonyl (C=O) groups is 1. The Morgan fingerprint density at radius 3 is 2.22 bits per heavy atom. The van der Waals surface area contributed by atoms with Crippen LogP contribution in [0.5, 0.6) is 0 Å². The van der Waals surface area contributed by atoms with Crippen LogP contribution in [-0.2, 0) is 14.0 Å². The van der Waals surface area contributed by atoms with E-state index in [0.29, 0.717) is 6.61 Å². The molecule has 1 aromatic carbocycles. The Kier molecular flexibility index (Phi) is 7.44. The summed E-state index contributed by atoms with van der Waals surface area (Å²) in [6, 6.07) is 9.89. The van der Waals surface area contributed by atoms with Crippen molar-refractivity contribution in [3.63, 3.8) is 0 Å². The Morgan fingerprint density at radius 2 is 1.74 bits per heavy atom. The van der Waals surface area contributed by atoms with E-state index in [4.69, 9.17) is 9.16 Å². The molecule has 0 saturated heterocycles. The van der Waals surface area contributed by atoms with E-state index in [-0.39, 0.29) is 18.0 Å². The van der Waals surface area contributed by atoms with Crippen LogP contribution in [0.4, 0.5) is 0 Å². The standard InChI is InChI=1S/C18H30O4Si/c1-7-21-18(20)14(3)16(19)13(2)17(22-23(4,5)6)15-11-9-8-10-12-15/h8-14,16-17,19H,7H2,1-6H3/t13-,14-,16-,17+/m1/s1. The Balaban J connectivity index is 2.99. The number of aliphatic hydroxyl groups excluding tert-OH is 1. The molecule has 1 rings (SSSR count). The minimum Gasteiger partial charge on any atom is -0.466 e. The quantitative estimate of drug-likeness (QED) is 0.579. The largest absolute Gasteiger partial charge is 0.466 e. The summed E-state index contributed by atoms with van der Waals surface area (Å²) < 4.78 is 11.4. The van der Waals surface area contributed by atoms with Gasteiger partial charge in [-0.3, -0.25) is 4.79 Å². The van der Waals surface area contributed by atoms with Gasteiger partial charge in [-0.15, -0.1) is 0 Å². The monoisotopic (exact) mass is 338 g/mol. The third kappa shape index (κ3) is 6.09. The van der Waals surface area contributed by atoms with E-state index in [0.717, 1.165) is 5.56 Å². The summed E-state index contributed by atoms with van der Waals surface area (Å²) in [4.78, 5) is 11.9. The second-order valence-corrected chi connectivity index (χ2v) is 11.4. The van der Waals surface area contributed by atoms with Gasteiger partial charge in [-0.1, -0.05) is 37.3 Å². The number of hydrogen-bond acceptors (Lipinski definition) is 4. The number of hydrogen-bond donors (Lipinski definition) is 1. The second-order valence-electron chi connectivity index (χ2n) is 6.95. The summed E-state index contributed by atoms with van der Waals surface area (Å²) in [6.45, 7) is 12.1. The van der Waals surface area contributed by atoms with E-state index < -0.39 is 20.3 Å². The van der Waals surface area contributed by atoms with Gasteiger partial charge in [0.1, 0.15) is 0 Å². The van der Waals surface area contributed by atoms with E-state index in [1.54, 1.807) is 13.8 Å². The molecule has 5 heteroatoms. The van der Waals surface area contributed by atoms with Crippen LogP contribution in [0, 0.1) is 11.8 Å². The Labute approximate surface area is 140 Å². The minimum atomic E-state index is -1.82. The van der Waals surface area contributed by atoms with Crippen LogP contribution in [-0.4, -0.2) is 32.1 Å². The summed E-state index contributed by atoms with van der Waals surface area (Å²) in [6.07, 6.45) is -1.06. The van der Waals surface area contributed by atoms with Crippen molar-refractivity contribution in [1.82, 2.24) is 0 Å². The molecule has 0 unspecified atom stereocenters. The maximum atomic E-state index is 11.9. The zero-order chi connectivity index (χ0) is 17.6. The first kappa shape index (κ1) is 19.9. The summed E-state index contributed by atoms with van der Waals surface area (Å²) in [5.74, 6) is -1.17. The highest BCUT2D eigenvalue weighted by Gasteiger charge is 2.35. The molecule has 0 spiro atoms. The summed E-state index contributed by atoms with van der Waals surface area (Å²) in [5.41, 5.74) is 1.03. The first-order valence-corrected chi connectivity index (χ1v) is 11.7. The van der Waals surface area contributed by atoms with Crippen molar-refractivity contribution in [1.29, 1.82) is 0 Å². The fourth-order valence-electron chi connectivity index (χ4n) is 2.55. The molecular weight excluding hydrogens is 308 g/mol. The molecule has 4 atom stereocenters. The molecule has 0 aliphatic heterocycles. The fourth-order valence-corrected chi connectivity index (χ4v) is 3.66. The minimum absolute atomic E-state index is 0.219. The van der Waals surface area contributed by atoms with Crippen LogP contribution in [0.2, 0.25) is 19.6 Å². The van der Waals surface area contributed by atoms with Crippen LogP contribution < -0.4 is 0 Å². The molecule has 0 saturated carbocycles. The van der Waals surface area contributed by atoms with Crippen molar-refractivity contribution in [3.8, 4) is 0 Å². The lowest BCUT2D eigenvalue weighted by atomic mass is 9.86. The molecule has 4 nitrogen and oxygen atoms in total. The molecule has 0 heterocycles. The van der Waals surface area contributed by atoms with Crippen LogP contribution in [0.3, 0.4) is 0 Å². The van der Waals surface area contributed by atoms with Crippen LogP contribution in [0.25, 0.3) is 0 Å². The van der Waals surface area contributed by atoms with Gasteiger partial charge in [-0.05, 0) is 39.1 Å². The van der Waals surface area contributed by atoms with Gasteiger partial charge in [0.25, 0.3) is 0 Å². The highest BCUT2D eigenvalue weighted by molar-refractivity contribution is 6.69. The predicted molar refractivity (Wildman–Crippen MR) is 94.6 cm³/mol. The van der Waals surface area contributed by atoms with Gasteiger partial charge in [0.2, 0.25) is 0 Å². The lowest BCUT2D eigenvalue weighted by molar-refractivity contribution is -0.153. The Bertz CT molecular complexity index is 484. The molecule has 0 aliphatic carbocycles. The first-order chi connectivity index (χ1) is 10.7. The average molecular weight is 339 g/mol. The van der Waals surface area contributed by atoms with E-state index >= 15 is 0 Å². The topological polar surface area (TPSA) is 55.8 Å². The molecule has 0 fully saturated rings. The molecule has 130 valence electrons. The maximum Gasteiger partial charge on any atom is 0.311 e. The van der Waals surface area contributed by atoms with Gasteiger partial charge in [0.15, 0.2) is 8.32 Å². The summed E-state index contributed by atoms with van der Waals surface area (Å²) in [7, 11) is -1.82. The van der Waals surface area contributed by atoms with Crippen molar-refractivity contribution < 1.29 is 19.1 Å². The number of rotatable bonds is 8. The molecule has 0 amide bonds. The molecule has 0 bridgehead atoms. The highest BCUT2D eigenvalue weighted by Crippen LogP contribution is 2.33. The molecular formula is C18H30O4Si. The van der Waals surface area contributed by atoms with E-state index in [2.05, 4.69) is 19.6 Å². The zero-order valence-corrected chi connectivity index (χ0v) is 16.1. The number of ether oxygens (including phenoxy) is 1. The Morgan fingerprint density at radius 1 is 1.17 bits per heavy atom. The Hall–Kier alpha value is -1.17. The van der Waals surface area contributed by atoms with Crippen molar-refractivity contribution in [3.05, 3.63) is 35.9 Å². The summed E-state index contributed by atoms with van der Waals surface area (Å²) in [5, 5.41) is 10.6. The molecule has 0 aromatic heterocycles. The van der Waals surface area contributed by atoms with Gasteiger partial charge in [0.05, 0.1) is 24.7 Å². The number of carbonyl (C=O) groups excluding carboxylic acids is 1. The molecule has 1 N–H and O–H groups in total. The second kappa shape index (κ2) is 8.62. The lowest BCUT2D eigenvalue weighted by Crippen LogP contribution is -2.39. The van der Waals surface area contributed by atoms with Crippen LogP contribution in [0.1, 0.15) is 32.4 Å². The molecule has 0 radical (unpaired) electrons. The fraction of sp³-hybridized carbons (Fsp3) is 0.611. The third-order valence-corrected chi connectivity index (χ3v) is 4.76. The van der Waals surface area contributed by atoms with Gasteiger partial charge in [0, 0.05) is 5.92 Å². The van der Waals surface area contributed by atoms with Gasteiger partial charge in [-0.2, -0.15) is 0 Å². The number of benzene rings is 1. The van der Waals surface area contributed by atoms with E-state index in [9.17, 15) is 9.90 Å². The molecule has 0 aliphatic rings. The van der Waals surface area contributed by atoms with Gasteiger partial charge >= 0.3 is 5.97 Å². The number of aliphatic hydroxyl groups is 1. The average Bonchev–Trinajstić information content (AvgIpc) is 2.50. The summed E-state index contributed by atoms with van der Waals surface area (Å²) >= 11 is 0. The van der Waals surface area contributed by atoms with Crippen molar-refractivity contribution in [2.45, 2.75) is 52.6 Å². The van der Waals surface area contributed by atoms with Crippen molar-refractivity contribution >= 4 is 14.3 Å². The maximum absolute atomic E-state index is 11.9. The molecule has 1 aromatic rings. The van der Waals surface area contributed by atoms with Crippen LogP contribution in [0.15, 0.2) is 30.3 Å². The predicted octanol–water partition coefficient (Wildman–Crippen LogP) is 3.78. The van der Waals surface area contributed by atoms with Crippen LogP contribution >= 0.6 is 0 Å². The third-order valence-electron chi connectivity index (χ3n) is 3.80. The van der Waals surface area contributed by atoms with E-state index in [1.165, 1.54) is 0 Å². The lowest BCUT2D eigenvalue weighted by Gasteiger charge is -2.35.